The Kier molecular flexibility index (Phi) is 6.42. The van der Waals surface area contributed by atoms with Gasteiger partial charge in [0.2, 0.25) is 5.91 Å². The van der Waals surface area contributed by atoms with E-state index in [1.807, 2.05) is 4.72 Å². The molecule has 2 aromatic carbocycles. The summed E-state index contributed by atoms with van der Waals surface area (Å²) in [6.07, 6.45) is -0.367. The zero-order valence-corrected chi connectivity index (χ0v) is 16.2. The fourth-order valence-corrected chi connectivity index (χ4v) is 3.86. The molecule has 0 fully saturated rings. The van der Waals surface area contributed by atoms with Gasteiger partial charge in [-0.05, 0) is 64.8 Å². The van der Waals surface area contributed by atoms with Gasteiger partial charge >= 0.3 is 0 Å². The van der Waals surface area contributed by atoms with Crippen LogP contribution in [0.4, 0.5) is 4.39 Å². The Morgan fingerprint density at radius 1 is 1.28 bits per heavy atom. The molecule has 25 heavy (non-hydrogen) atoms. The van der Waals surface area contributed by atoms with Crippen LogP contribution in [0.15, 0.2) is 45.8 Å². The fraction of sp³-hybridized carbons (Fsp3) is 0.188. The number of rotatable bonds is 6. The number of ether oxygens (including phenoxy) is 1. The summed E-state index contributed by atoms with van der Waals surface area (Å²) in [6.45, 7) is 2.23. The molecule has 2 rings (SSSR count). The van der Waals surface area contributed by atoms with E-state index in [1.165, 1.54) is 24.3 Å². The van der Waals surface area contributed by atoms with Crippen LogP contribution >= 0.6 is 27.5 Å². The Hall–Kier alpha value is -1.64. The first-order chi connectivity index (χ1) is 11.7. The molecule has 0 aliphatic carbocycles. The van der Waals surface area contributed by atoms with Gasteiger partial charge in [0, 0.05) is 5.02 Å². The Balaban J connectivity index is 2.16. The smallest absolute Gasteiger partial charge is 0.264 e. The van der Waals surface area contributed by atoms with Crippen molar-refractivity contribution in [2.75, 3.05) is 6.61 Å². The van der Waals surface area contributed by atoms with Gasteiger partial charge in [0.1, 0.15) is 11.6 Å². The summed E-state index contributed by atoms with van der Waals surface area (Å²) in [6, 6.07) is 7.67. The van der Waals surface area contributed by atoms with Gasteiger partial charge in [0.05, 0.1) is 22.4 Å². The van der Waals surface area contributed by atoms with Crippen LogP contribution in [0, 0.1) is 5.82 Å². The highest BCUT2D eigenvalue weighted by molar-refractivity contribution is 9.10. The third kappa shape index (κ3) is 5.17. The minimum absolute atomic E-state index is 0.110. The maximum atomic E-state index is 13.2. The minimum Gasteiger partial charge on any atom is -0.493 e. The third-order valence-electron chi connectivity index (χ3n) is 3.12. The van der Waals surface area contributed by atoms with E-state index in [-0.39, 0.29) is 21.9 Å². The second-order valence-electron chi connectivity index (χ2n) is 4.97. The largest absolute Gasteiger partial charge is 0.493 e. The number of hydrogen-bond acceptors (Lipinski definition) is 4. The van der Waals surface area contributed by atoms with Crippen LogP contribution < -0.4 is 9.46 Å². The summed E-state index contributed by atoms with van der Waals surface area (Å²) < 4.78 is 45.5. The van der Waals surface area contributed by atoms with E-state index < -0.39 is 21.7 Å². The van der Waals surface area contributed by atoms with Gasteiger partial charge in [-0.25, -0.2) is 17.5 Å². The SMILES string of the molecule is CCOc1ccc(S(=O)(=O)NC(=O)Cc2cc(F)ccc2Cl)cc1Br. The van der Waals surface area contributed by atoms with Gasteiger partial charge in [-0.2, -0.15) is 0 Å². The topological polar surface area (TPSA) is 72.5 Å². The summed E-state index contributed by atoms with van der Waals surface area (Å²) in [5.41, 5.74) is 0.197. The van der Waals surface area contributed by atoms with Gasteiger partial charge < -0.3 is 4.74 Å². The van der Waals surface area contributed by atoms with Crippen molar-refractivity contribution in [3.8, 4) is 5.75 Å². The van der Waals surface area contributed by atoms with Crippen molar-refractivity contribution >= 4 is 43.5 Å². The van der Waals surface area contributed by atoms with E-state index >= 15 is 0 Å². The third-order valence-corrected chi connectivity index (χ3v) is 5.48. The summed E-state index contributed by atoms with van der Waals surface area (Å²) in [7, 11) is -4.08. The molecule has 0 spiro atoms. The molecule has 0 saturated heterocycles. The first kappa shape index (κ1) is 19.7. The fourth-order valence-electron chi connectivity index (χ4n) is 2.02. The standard InChI is InChI=1S/C16H14BrClFNO4S/c1-2-24-15-6-4-12(9-13(15)17)25(22,23)20-16(21)8-10-7-11(19)3-5-14(10)18/h3-7,9H,2,8H2,1H3,(H,20,21). The van der Waals surface area contributed by atoms with E-state index in [2.05, 4.69) is 15.9 Å². The number of nitrogens with one attached hydrogen (secondary N) is 1. The number of hydrogen-bond donors (Lipinski definition) is 1. The van der Waals surface area contributed by atoms with Crippen LogP contribution in [0.5, 0.6) is 5.75 Å². The number of carbonyl (C=O) groups excluding carboxylic acids is 1. The molecule has 134 valence electrons. The van der Waals surface area contributed by atoms with E-state index in [4.69, 9.17) is 16.3 Å². The van der Waals surface area contributed by atoms with Crippen molar-refractivity contribution < 1.29 is 22.3 Å². The number of carbonyl (C=O) groups is 1. The molecule has 1 amide bonds. The molecule has 0 radical (unpaired) electrons. The van der Waals surface area contributed by atoms with Crippen molar-refractivity contribution in [1.29, 1.82) is 0 Å². The highest BCUT2D eigenvalue weighted by Crippen LogP contribution is 2.27. The molecule has 0 bridgehead atoms. The Labute approximate surface area is 158 Å². The molecule has 9 heteroatoms. The van der Waals surface area contributed by atoms with Crippen molar-refractivity contribution in [2.24, 2.45) is 0 Å². The zero-order chi connectivity index (χ0) is 18.6. The summed E-state index contributed by atoms with van der Waals surface area (Å²) in [4.78, 5) is 11.9. The molecular weight excluding hydrogens is 437 g/mol. The quantitative estimate of drug-likeness (QED) is 0.728. The van der Waals surface area contributed by atoms with Crippen LogP contribution in [-0.2, 0) is 21.2 Å². The van der Waals surface area contributed by atoms with Crippen LogP contribution in [0.1, 0.15) is 12.5 Å². The van der Waals surface area contributed by atoms with Crippen molar-refractivity contribution in [3.63, 3.8) is 0 Å². The predicted octanol–water partition coefficient (Wildman–Crippen LogP) is 3.69. The van der Waals surface area contributed by atoms with Gasteiger partial charge in [-0.15, -0.1) is 0 Å². The molecule has 2 aromatic rings. The van der Waals surface area contributed by atoms with Crippen LogP contribution in [-0.4, -0.2) is 20.9 Å². The molecule has 0 aromatic heterocycles. The van der Waals surface area contributed by atoms with Crippen molar-refractivity contribution in [3.05, 3.63) is 57.3 Å². The van der Waals surface area contributed by atoms with Crippen LogP contribution in [0.2, 0.25) is 5.02 Å². The van der Waals surface area contributed by atoms with E-state index in [0.29, 0.717) is 16.8 Å². The number of benzene rings is 2. The summed E-state index contributed by atoms with van der Waals surface area (Å²) >= 11 is 9.10. The maximum absolute atomic E-state index is 13.2. The Morgan fingerprint density at radius 2 is 2.00 bits per heavy atom. The molecule has 1 N–H and O–H groups in total. The first-order valence-electron chi connectivity index (χ1n) is 7.15. The average molecular weight is 451 g/mol. The maximum Gasteiger partial charge on any atom is 0.264 e. The highest BCUT2D eigenvalue weighted by Gasteiger charge is 2.20. The lowest BCUT2D eigenvalue weighted by Gasteiger charge is -2.10. The molecule has 0 unspecified atom stereocenters. The van der Waals surface area contributed by atoms with Gasteiger partial charge in [0.15, 0.2) is 0 Å². The van der Waals surface area contributed by atoms with Gasteiger partial charge in [-0.3, -0.25) is 4.79 Å². The Bertz CT molecular complexity index is 905. The summed E-state index contributed by atoms with van der Waals surface area (Å²) in [5, 5.41) is 0.178. The average Bonchev–Trinajstić information content (AvgIpc) is 2.52. The van der Waals surface area contributed by atoms with Crippen LogP contribution in [0.3, 0.4) is 0 Å². The first-order valence-corrected chi connectivity index (χ1v) is 9.80. The zero-order valence-electron chi connectivity index (χ0n) is 13.1. The molecule has 0 aliphatic rings. The van der Waals surface area contributed by atoms with E-state index in [9.17, 15) is 17.6 Å². The monoisotopic (exact) mass is 449 g/mol. The minimum atomic E-state index is -4.08. The molecule has 0 aliphatic heterocycles. The lowest BCUT2D eigenvalue weighted by Crippen LogP contribution is -2.31. The lowest BCUT2D eigenvalue weighted by molar-refractivity contribution is -0.118. The molecule has 5 nitrogen and oxygen atoms in total. The normalized spacial score (nSPS) is 11.2. The lowest BCUT2D eigenvalue weighted by atomic mass is 10.1. The Morgan fingerprint density at radius 3 is 2.64 bits per heavy atom. The molecule has 0 heterocycles. The molecular formula is C16H14BrClFNO4S. The van der Waals surface area contributed by atoms with Crippen molar-refractivity contribution in [1.82, 2.24) is 4.72 Å². The second kappa shape index (κ2) is 8.16. The molecule has 0 saturated carbocycles. The van der Waals surface area contributed by atoms with E-state index in [0.717, 1.165) is 12.1 Å². The second-order valence-corrected chi connectivity index (χ2v) is 7.91. The van der Waals surface area contributed by atoms with Gasteiger partial charge in [0.25, 0.3) is 10.0 Å². The van der Waals surface area contributed by atoms with Crippen LogP contribution in [0.25, 0.3) is 0 Å². The highest BCUT2D eigenvalue weighted by atomic mass is 79.9. The van der Waals surface area contributed by atoms with E-state index in [1.54, 1.807) is 6.92 Å². The van der Waals surface area contributed by atoms with Gasteiger partial charge in [-0.1, -0.05) is 11.6 Å². The summed E-state index contributed by atoms with van der Waals surface area (Å²) in [5.74, 6) is -0.901. The predicted molar refractivity (Wildman–Crippen MR) is 95.8 cm³/mol. The van der Waals surface area contributed by atoms with Crippen molar-refractivity contribution in [2.45, 2.75) is 18.2 Å². The molecule has 0 atom stereocenters. The number of halogens is 3. The number of sulfonamides is 1. The number of amides is 1.